The van der Waals surface area contributed by atoms with Crippen LogP contribution in [0.15, 0.2) is 21.5 Å². The minimum absolute atomic E-state index is 0.0986. The molecule has 1 aliphatic rings. The lowest BCUT2D eigenvalue weighted by molar-refractivity contribution is 0.358. The maximum Gasteiger partial charge on any atom is 0.247 e. The Morgan fingerprint density at radius 3 is 2.39 bits per heavy atom. The van der Waals surface area contributed by atoms with Gasteiger partial charge in [0.05, 0.1) is 0 Å². The zero-order valence-corrected chi connectivity index (χ0v) is 11.7. The van der Waals surface area contributed by atoms with Crippen LogP contribution in [0.5, 0.6) is 0 Å². The van der Waals surface area contributed by atoms with Gasteiger partial charge in [-0.3, -0.25) is 0 Å². The summed E-state index contributed by atoms with van der Waals surface area (Å²) < 4.78 is 52.2. The molecular weight excluding hydrogens is 330 g/mol. The van der Waals surface area contributed by atoms with Crippen molar-refractivity contribution in [2.75, 3.05) is 26.2 Å². The molecule has 1 fully saturated rings. The van der Waals surface area contributed by atoms with Gasteiger partial charge in [0.25, 0.3) is 0 Å². The second kappa shape index (κ2) is 5.20. The predicted molar refractivity (Wildman–Crippen MR) is 65.7 cm³/mol. The fraction of sp³-hybridized carbons (Fsp3) is 0.400. The Labute approximate surface area is 112 Å². The van der Waals surface area contributed by atoms with Gasteiger partial charge in [0.2, 0.25) is 10.0 Å². The highest BCUT2D eigenvalue weighted by Crippen LogP contribution is 2.28. The van der Waals surface area contributed by atoms with Gasteiger partial charge in [-0.15, -0.1) is 0 Å². The fourth-order valence-corrected chi connectivity index (χ4v) is 4.34. The third-order valence-corrected chi connectivity index (χ3v) is 5.50. The molecule has 1 heterocycles. The van der Waals surface area contributed by atoms with Crippen molar-refractivity contribution in [2.24, 2.45) is 0 Å². The minimum Gasteiger partial charge on any atom is -0.314 e. The van der Waals surface area contributed by atoms with E-state index in [0.717, 1.165) is 6.07 Å². The molecule has 1 aliphatic heterocycles. The summed E-state index contributed by atoms with van der Waals surface area (Å²) in [6.45, 7) is 1.57. The van der Waals surface area contributed by atoms with Crippen LogP contribution in [0.3, 0.4) is 0 Å². The molecule has 18 heavy (non-hydrogen) atoms. The van der Waals surface area contributed by atoms with E-state index in [1.54, 1.807) is 0 Å². The monoisotopic (exact) mass is 340 g/mol. The summed E-state index contributed by atoms with van der Waals surface area (Å²) >= 11 is 2.90. The van der Waals surface area contributed by atoms with E-state index in [2.05, 4.69) is 21.2 Å². The molecule has 0 bridgehead atoms. The van der Waals surface area contributed by atoms with Crippen molar-refractivity contribution in [2.45, 2.75) is 4.90 Å². The molecule has 0 atom stereocenters. The highest BCUT2D eigenvalue weighted by atomic mass is 79.9. The Hall–Kier alpha value is -0.570. The summed E-state index contributed by atoms with van der Waals surface area (Å²) in [5, 5.41) is 3.01. The average Bonchev–Trinajstić information content (AvgIpc) is 2.28. The maximum atomic E-state index is 13.7. The number of halogens is 3. The number of nitrogens with zero attached hydrogens (tertiary/aromatic N) is 1. The molecule has 1 aromatic rings. The van der Waals surface area contributed by atoms with Gasteiger partial charge in [-0.05, 0) is 22.0 Å². The topological polar surface area (TPSA) is 49.4 Å². The minimum atomic E-state index is -3.94. The number of hydrogen-bond donors (Lipinski definition) is 1. The molecule has 0 unspecified atom stereocenters. The Bertz CT molecular complexity index is 536. The van der Waals surface area contributed by atoms with Gasteiger partial charge in [-0.25, -0.2) is 17.2 Å². The first-order chi connectivity index (χ1) is 8.43. The Morgan fingerprint density at radius 1 is 1.22 bits per heavy atom. The molecule has 0 radical (unpaired) electrons. The largest absolute Gasteiger partial charge is 0.314 e. The lowest BCUT2D eigenvalue weighted by Crippen LogP contribution is -2.46. The Balaban J connectivity index is 2.47. The molecule has 100 valence electrons. The summed E-state index contributed by atoms with van der Waals surface area (Å²) in [5.41, 5.74) is 0. The molecular formula is C10H11BrF2N2O2S. The second-order valence-corrected chi connectivity index (χ2v) is 6.58. The van der Waals surface area contributed by atoms with Crippen molar-refractivity contribution in [3.05, 3.63) is 28.2 Å². The summed E-state index contributed by atoms with van der Waals surface area (Å²) in [5.74, 6) is -1.90. The highest BCUT2D eigenvalue weighted by Gasteiger charge is 2.31. The molecule has 0 aliphatic carbocycles. The van der Waals surface area contributed by atoms with Gasteiger partial charge in [0.1, 0.15) is 16.5 Å². The van der Waals surface area contributed by atoms with Crippen molar-refractivity contribution >= 4 is 26.0 Å². The molecule has 8 heteroatoms. The van der Waals surface area contributed by atoms with Gasteiger partial charge in [-0.2, -0.15) is 4.31 Å². The normalized spacial score (nSPS) is 17.9. The first-order valence-electron chi connectivity index (χ1n) is 5.28. The van der Waals surface area contributed by atoms with Crippen LogP contribution in [0, 0.1) is 11.6 Å². The van der Waals surface area contributed by atoms with Crippen molar-refractivity contribution in [1.82, 2.24) is 9.62 Å². The summed E-state index contributed by atoms with van der Waals surface area (Å²) in [7, 11) is -3.94. The molecule has 1 saturated heterocycles. The molecule has 0 saturated carbocycles. The molecule has 4 nitrogen and oxygen atoms in total. The maximum absolute atomic E-state index is 13.7. The van der Waals surface area contributed by atoms with Gasteiger partial charge >= 0.3 is 0 Å². The third-order valence-electron chi connectivity index (χ3n) is 2.64. The number of nitrogens with one attached hydrogen (secondary N) is 1. The molecule has 0 spiro atoms. The van der Waals surface area contributed by atoms with Crippen LogP contribution in [0.25, 0.3) is 0 Å². The molecule has 2 rings (SSSR count). The van der Waals surface area contributed by atoms with Crippen molar-refractivity contribution in [3.8, 4) is 0 Å². The fourth-order valence-electron chi connectivity index (χ4n) is 1.79. The smallest absolute Gasteiger partial charge is 0.247 e. The summed E-state index contributed by atoms with van der Waals surface area (Å²) in [6.07, 6.45) is 0. The van der Waals surface area contributed by atoms with E-state index in [9.17, 15) is 17.2 Å². The van der Waals surface area contributed by atoms with E-state index >= 15 is 0 Å². The zero-order chi connectivity index (χ0) is 13.3. The van der Waals surface area contributed by atoms with Gasteiger partial charge in [-0.1, -0.05) is 0 Å². The number of rotatable bonds is 2. The van der Waals surface area contributed by atoms with Crippen molar-refractivity contribution in [1.29, 1.82) is 0 Å². The zero-order valence-electron chi connectivity index (χ0n) is 9.29. The van der Waals surface area contributed by atoms with Crippen molar-refractivity contribution in [3.63, 3.8) is 0 Å². The molecule has 0 amide bonds. The van der Waals surface area contributed by atoms with E-state index in [0.29, 0.717) is 19.2 Å². The standard InChI is InChI=1S/C10H11BrF2N2O2S/c11-8-5-7(12)6-9(13)10(8)18(16,17)15-3-1-14-2-4-15/h5-6,14H,1-4H2. The van der Waals surface area contributed by atoms with E-state index in [1.165, 1.54) is 4.31 Å². The van der Waals surface area contributed by atoms with Gasteiger partial charge in [0.15, 0.2) is 0 Å². The van der Waals surface area contributed by atoms with Gasteiger partial charge < -0.3 is 5.32 Å². The first-order valence-corrected chi connectivity index (χ1v) is 7.51. The number of sulfonamides is 1. The number of hydrogen-bond acceptors (Lipinski definition) is 3. The number of benzene rings is 1. The lowest BCUT2D eigenvalue weighted by Gasteiger charge is -2.27. The van der Waals surface area contributed by atoms with Crippen molar-refractivity contribution < 1.29 is 17.2 Å². The van der Waals surface area contributed by atoms with Crippen LogP contribution >= 0.6 is 15.9 Å². The van der Waals surface area contributed by atoms with Crippen LogP contribution in [0.1, 0.15) is 0 Å². The molecule has 1 N–H and O–H groups in total. The average molecular weight is 341 g/mol. The Morgan fingerprint density at radius 2 is 1.83 bits per heavy atom. The Kier molecular flexibility index (Phi) is 4.00. The van der Waals surface area contributed by atoms with Crippen LogP contribution in [0.4, 0.5) is 8.78 Å². The number of piperazine rings is 1. The molecule has 1 aromatic carbocycles. The SMILES string of the molecule is O=S(=O)(c1c(F)cc(F)cc1Br)N1CCNCC1. The first kappa shape index (κ1) is 13.9. The van der Waals surface area contributed by atoms with Crippen LogP contribution < -0.4 is 5.32 Å². The molecule has 0 aromatic heterocycles. The highest BCUT2D eigenvalue weighted by molar-refractivity contribution is 9.10. The summed E-state index contributed by atoms with van der Waals surface area (Å²) in [4.78, 5) is -0.509. The van der Waals surface area contributed by atoms with E-state index in [1.807, 2.05) is 0 Å². The van der Waals surface area contributed by atoms with Crippen LogP contribution in [0.2, 0.25) is 0 Å². The summed E-state index contributed by atoms with van der Waals surface area (Å²) in [6, 6.07) is 1.51. The van der Waals surface area contributed by atoms with Crippen LogP contribution in [-0.4, -0.2) is 38.9 Å². The van der Waals surface area contributed by atoms with E-state index in [-0.39, 0.29) is 17.6 Å². The third kappa shape index (κ3) is 2.56. The quantitative estimate of drug-likeness (QED) is 0.883. The van der Waals surface area contributed by atoms with E-state index in [4.69, 9.17) is 0 Å². The predicted octanol–water partition coefficient (Wildman–Crippen LogP) is 1.32. The van der Waals surface area contributed by atoms with Crippen LogP contribution in [-0.2, 0) is 10.0 Å². The second-order valence-electron chi connectivity index (χ2n) is 3.85. The lowest BCUT2D eigenvalue weighted by atomic mass is 10.3. The van der Waals surface area contributed by atoms with Gasteiger partial charge in [0, 0.05) is 36.7 Å². The van der Waals surface area contributed by atoms with E-state index < -0.39 is 26.6 Å².